The van der Waals surface area contributed by atoms with E-state index in [4.69, 9.17) is 4.74 Å². The molecule has 0 N–H and O–H groups in total. The summed E-state index contributed by atoms with van der Waals surface area (Å²) in [6, 6.07) is 5.22. The quantitative estimate of drug-likeness (QED) is 0.725. The number of hydrogen-bond acceptors (Lipinski definition) is 4. The summed E-state index contributed by atoms with van der Waals surface area (Å²) in [5.41, 5.74) is 0.574. The molecule has 2 saturated carbocycles. The smallest absolute Gasteiger partial charge is 0.376 e. The van der Waals surface area contributed by atoms with Crippen LogP contribution in [0, 0.1) is 17.8 Å². The maximum absolute atomic E-state index is 12.8. The fourth-order valence-corrected chi connectivity index (χ4v) is 5.03. The Hall–Kier alpha value is -1.93. The maximum atomic E-state index is 12.8. The van der Waals surface area contributed by atoms with Crippen LogP contribution in [0.2, 0.25) is 0 Å². The molecule has 5 nitrogen and oxygen atoms in total. The summed E-state index contributed by atoms with van der Waals surface area (Å²) < 4.78 is 46.7. The Balaban J connectivity index is 1.35. The summed E-state index contributed by atoms with van der Waals surface area (Å²) in [5.74, 6) is 1.99. The molecular formula is C22H27F3N4O. The summed E-state index contributed by atoms with van der Waals surface area (Å²) in [7, 11) is 2.17. The van der Waals surface area contributed by atoms with Crippen molar-refractivity contribution in [2.75, 3.05) is 26.7 Å². The van der Waals surface area contributed by atoms with Crippen molar-refractivity contribution in [3.8, 4) is 11.3 Å². The zero-order valence-electron chi connectivity index (χ0n) is 17.1. The molecule has 8 heteroatoms. The zero-order chi connectivity index (χ0) is 20.9. The fraction of sp³-hybridized carbons (Fsp3) is 0.636. The molecule has 0 unspecified atom stereocenters. The van der Waals surface area contributed by atoms with Gasteiger partial charge in [0.15, 0.2) is 0 Å². The van der Waals surface area contributed by atoms with E-state index in [-0.39, 0.29) is 12.1 Å². The van der Waals surface area contributed by atoms with Crippen LogP contribution in [0.5, 0.6) is 0 Å². The second kappa shape index (κ2) is 7.64. The number of likely N-dealkylation sites (tertiary alicyclic amines) is 1. The standard InChI is InChI=1S/C22H27F3N4O/c1-28-10-16-8-20(21(9-17(16)11-28)30-13-14-2-3-14)29-12-19(26-27-29)15-4-6-18(7-5-15)22(23,24)25/h4-7,12,14,16-17,20-21H,2-3,8-11,13H2,1H3/t16-,17+,20-,21-/m1/s1. The minimum atomic E-state index is -4.34. The molecule has 30 heavy (non-hydrogen) atoms. The van der Waals surface area contributed by atoms with Gasteiger partial charge in [0.05, 0.1) is 23.9 Å². The molecule has 3 fully saturated rings. The first-order valence-corrected chi connectivity index (χ1v) is 10.8. The molecular weight excluding hydrogens is 393 g/mol. The van der Waals surface area contributed by atoms with Crippen molar-refractivity contribution in [3.05, 3.63) is 36.0 Å². The normalized spacial score (nSPS) is 29.9. The molecule has 2 heterocycles. The van der Waals surface area contributed by atoms with Gasteiger partial charge in [0, 0.05) is 25.3 Å². The van der Waals surface area contributed by atoms with Gasteiger partial charge in [0.25, 0.3) is 0 Å². The van der Waals surface area contributed by atoms with Gasteiger partial charge >= 0.3 is 6.18 Å². The van der Waals surface area contributed by atoms with E-state index >= 15 is 0 Å². The SMILES string of the molecule is CN1C[C@H]2C[C@@H](n3cc(-c4ccc(C(F)(F)F)cc4)nn3)[C@H](OCC3CC3)C[C@H]2C1. The Bertz CT molecular complexity index is 877. The van der Waals surface area contributed by atoms with Crippen molar-refractivity contribution in [1.29, 1.82) is 0 Å². The van der Waals surface area contributed by atoms with Crippen molar-refractivity contribution in [2.24, 2.45) is 17.8 Å². The summed E-state index contributed by atoms with van der Waals surface area (Å²) in [4.78, 5) is 2.39. The Labute approximate surface area is 174 Å². The van der Waals surface area contributed by atoms with E-state index in [1.807, 2.05) is 10.9 Å². The lowest BCUT2D eigenvalue weighted by Gasteiger charge is -2.37. The van der Waals surface area contributed by atoms with Crippen molar-refractivity contribution < 1.29 is 17.9 Å². The number of fused-ring (bicyclic) bond motifs is 1. The Morgan fingerprint density at radius 2 is 1.77 bits per heavy atom. The molecule has 0 bridgehead atoms. The van der Waals surface area contributed by atoms with Crippen molar-refractivity contribution >= 4 is 0 Å². The van der Waals surface area contributed by atoms with E-state index in [2.05, 4.69) is 22.3 Å². The van der Waals surface area contributed by atoms with E-state index in [1.54, 1.807) is 0 Å². The summed E-state index contributed by atoms with van der Waals surface area (Å²) >= 11 is 0. The lowest BCUT2D eigenvalue weighted by molar-refractivity contribution is -0.137. The van der Waals surface area contributed by atoms with E-state index < -0.39 is 11.7 Å². The summed E-state index contributed by atoms with van der Waals surface area (Å²) in [5, 5.41) is 8.63. The number of ether oxygens (including phenoxy) is 1. The van der Waals surface area contributed by atoms with Gasteiger partial charge in [0.1, 0.15) is 5.69 Å². The number of rotatable bonds is 5. The van der Waals surface area contributed by atoms with Crippen LogP contribution in [-0.2, 0) is 10.9 Å². The number of hydrogen-bond donors (Lipinski definition) is 0. The minimum absolute atomic E-state index is 0.112. The second-order valence-corrected chi connectivity index (χ2v) is 9.25. The Morgan fingerprint density at radius 3 is 2.43 bits per heavy atom. The van der Waals surface area contributed by atoms with E-state index in [0.717, 1.165) is 44.7 Å². The molecule has 0 spiro atoms. The lowest BCUT2D eigenvalue weighted by atomic mass is 9.77. The molecule has 0 radical (unpaired) electrons. The predicted octanol–water partition coefficient (Wildman–Crippen LogP) is 4.27. The summed E-state index contributed by atoms with van der Waals surface area (Å²) in [6.45, 7) is 3.03. The average molecular weight is 420 g/mol. The van der Waals surface area contributed by atoms with Crippen LogP contribution in [0.25, 0.3) is 11.3 Å². The largest absolute Gasteiger partial charge is 0.416 e. The highest BCUT2D eigenvalue weighted by atomic mass is 19.4. The van der Waals surface area contributed by atoms with Crippen LogP contribution < -0.4 is 0 Å². The van der Waals surface area contributed by atoms with Crippen LogP contribution >= 0.6 is 0 Å². The predicted molar refractivity (Wildman–Crippen MR) is 106 cm³/mol. The monoisotopic (exact) mass is 420 g/mol. The van der Waals surface area contributed by atoms with Crippen molar-refractivity contribution in [1.82, 2.24) is 19.9 Å². The van der Waals surface area contributed by atoms with Crippen LogP contribution in [0.1, 0.15) is 37.3 Å². The Morgan fingerprint density at radius 1 is 1.07 bits per heavy atom. The second-order valence-electron chi connectivity index (χ2n) is 9.25. The lowest BCUT2D eigenvalue weighted by Crippen LogP contribution is -2.38. The highest BCUT2D eigenvalue weighted by Gasteiger charge is 2.43. The van der Waals surface area contributed by atoms with Gasteiger partial charge in [-0.2, -0.15) is 13.2 Å². The molecule has 1 aromatic carbocycles. The first-order valence-electron chi connectivity index (χ1n) is 10.8. The molecule has 1 saturated heterocycles. The third kappa shape index (κ3) is 4.12. The molecule has 0 amide bonds. The third-order valence-corrected chi connectivity index (χ3v) is 6.87. The molecule has 3 aliphatic rings. The molecule has 5 rings (SSSR count). The minimum Gasteiger partial charge on any atom is -0.376 e. The van der Waals surface area contributed by atoms with Gasteiger partial charge in [-0.15, -0.1) is 5.10 Å². The molecule has 1 aliphatic heterocycles. The van der Waals surface area contributed by atoms with Crippen molar-refractivity contribution in [2.45, 2.75) is 44.0 Å². The van der Waals surface area contributed by atoms with Crippen LogP contribution in [0.15, 0.2) is 30.5 Å². The number of aromatic nitrogens is 3. The molecule has 4 atom stereocenters. The average Bonchev–Trinajstić information content (AvgIpc) is 3.27. The zero-order valence-corrected chi connectivity index (χ0v) is 17.1. The molecule has 162 valence electrons. The topological polar surface area (TPSA) is 43.2 Å². The van der Waals surface area contributed by atoms with Gasteiger partial charge in [-0.05, 0) is 62.6 Å². The van der Waals surface area contributed by atoms with E-state index in [0.29, 0.717) is 29.0 Å². The maximum Gasteiger partial charge on any atom is 0.416 e. The van der Waals surface area contributed by atoms with Gasteiger partial charge in [-0.3, -0.25) is 0 Å². The number of nitrogens with zero attached hydrogens (tertiary/aromatic N) is 4. The first-order chi connectivity index (χ1) is 14.4. The summed E-state index contributed by atoms with van der Waals surface area (Å²) in [6.07, 6.45) is 2.18. The number of benzene rings is 1. The van der Waals surface area contributed by atoms with Gasteiger partial charge in [-0.25, -0.2) is 4.68 Å². The molecule has 1 aromatic heterocycles. The van der Waals surface area contributed by atoms with Crippen LogP contribution in [0.3, 0.4) is 0 Å². The fourth-order valence-electron chi connectivity index (χ4n) is 5.03. The number of alkyl halides is 3. The highest BCUT2D eigenvalue weighted by molar-refractivity contribution is 5.58. The van der Waals surface area contributed by atoms with Gasteiger partial charge in [0.2, 0.25) is 0 Å². The molecule has 2 aliphatic carbocycles. The van der Waals surface area contributed by atoms with E-state index in [1.165, 1.54) is 25.0 Å². The van der Waals surface area contributed by atoms with Crippen LogP contribution in [0.4, 0.5) is 13.2 Å². The van der Waals surface area contributed by atoms with Gasteiger partial charge in [-0.1, -0.05) is 17.3 Å². The highest BCUT2D eigenvalue weighted by Crippen LogP contribution is 2.43. The third-order valence-electron chi connectivity index (χ3n) is 6.87. The number of halogens is 3. The van der Waals surface area contributed by atoms with Gasteiger partial charge < -0.3 is 9.64 Å². The Kier molecular flexibility index (Phi) is 5.09. The van der Waals surface area contributed by atoms with Crippen LogP contribution in [-0.4, -0.2) is 52.7 Å². The van der Waals surface area contributed by atoms with E-state index in [9.17, 15) is 13.2 Å². The molecule has 2 aromatic rings. The van der Waals surface area contributed by atoms with Crippen molar-refractivity contribution in [3.63, 3.8) is 0 Å². The first kappa shape index (κ1) is 20.0.